The van der Waals surface area contributed by atoms with Gasteiger partial charge in [-0.2, -0.15) is 0 Å². The highest BCUT2D eigenvalue weighted by atomic mass is 16.5. The Hall–Kier alpha value is -2.07. The summed E-state index contributed by atoms with van der Waals surface area (Å²) in [6.07, 6.45) is 2.73. The third-order valence-corrected chi connectivity index (χ3v) is 4.51. The molecule has 0 aromatic heterocycles. The summed E-state index contributed by atoms with van der Waals surface area (Å²) < 4.78 is 11.6. The van der Waals surface area contributed by atoms with Gasteiger partial charge in [-0.25, -0.2) is 0 Å². The van der Waals surface area contributed by atoms with Gasteiger partial charge in [-0.15, -0.1) is 0 Å². The average molecular weight is 343 g/mol. The molecule has 25 heavy (non-hydrogen) atoms. The van der Waals surface area contributed by atoms with Gasteiger partial charge in [-0.1, -0.05) is 44.5 Å². The highest BCUT2D eigenvalue weighted by molar-refractivity contribution is 6.06. The summed E-state index contributed by atoms with van der Waals surface area (Å²) in [7, 11) is 0. The second-order valence-electron chi connectivity index (χ2n) is 6.33. The first-order valence-electron chi connectivity index (χ1n) is 9.15. The number of anilines is 1. The minimum atomic E-state index is -0.827. The van der Waals surface area contributed by atoms with Crippen LogP contribution in [0.5, 0.6) is 5.75 Å². The lowest BCUT2D eigenvalue weighted by molar-refractivity contribution is -0.139. The van der Waals surface area contributed by atoms with E-state index in [1.807, 2.05) is 57.2 Å². The SMILES string of the molecule is CCCCOc1ccc(NC(=O)[C@](C)(CC)OCC)c2ccccc12. The maximum absolute atomic E-state index is 12.7. The zero-order valence-electron chi connectivity index (χ0n) is 15.7. The number of hydrogen-bond donors (Lipinski definition) is 1. The molecular formula is C21H29NO3. The number of carbonyl (C=O) groups is 1. The van der Waals surface area contributed by atoms with Gasteiger partial charge >= 0.3 is 0 Å². The Bertz CT molecular complexity index is 713. The Labute approximate surface area is 150 Å². The lowest BCUT2D eigenvalue weighted by Gasteiger charge is -2.27. The van der Waals surface area contributed by atoms with E-state index in [0.29, 0.717) is 19.6 Å². The highest BCUT2D eigenvalue weighted by Crippen LogP contribution is 2.32. The minimum Gasteiger partial charge on any atom is -0.493 e. The number of hydrogen-bond acceptors (Lipinski definition) is 3. The number of ether oxygens (including phenoxy) is 2. The average Bonchev–Trinajstić information content (AvgIpc) is 2.63. The molecule has 0 aliphatic carbocycles. The van der Waals surface area contributed by atoms with Crippen molar-refractivity contribution < 1.29 is 14.3 Å². The first-order chi connectivity index (χ1) is 12.1. The summed E-state index contributed by atoms with van der Waals surface area (Å²) in [6, 6.07) is 11.8. The van der Waals surface area contributed by atoms with E-state index in [4.69, 9.17) is 9.47 Å². The van der Waals surface area contributed by atoms with Crippen molar-refractivity contribution in [1.29, 1.82) is 0 Å². The smallest absolute Gasteiger partial charge is 0.256 e. The van der Waals surface area contributed by atoms with Gasteiger partial charge in [0.25, 0.3) is 5.91 Å². The van der Waals surface area contributed by atoms with Crippen molar-refractivity contribution in [3.63, 3.8) is 0 Å². The lowest BCUT2D eigenvalue weighted by Crippen LogP contribution is -2.42. The number of carbonyl (C=O) groups excluding carboxylic acids is 1. The van der Waals surface area contributed by atoms with Gasteiger partial charge in [0.2, 0.25) is 0 Å². The Morgan fingerprint density at radius 2 is 1.80 bits per heavy atom. The van der Waals surface area contributed by atoms with Gasteiger partial charge in [-0.05, 0) is 38.8 Å². The molecule has 0 heterocycles. The van der Waals surface area contributed by atoms with Gasteiger partial charge in [0.15, 0.2) is 0 Å². The summed E-state index contributed by atoms with van der Waals surface area (Å²) in [5.41, 5.74) is -0.0468. The molecule has 1 amide bonds. The van der Waals surface area contributed by atoms with Crippen molar-refractivity contribution in [1.82, 2.24) is 0 Å². The Kier molecular flexibility index (Phi) is 6.82. The van der Waals surface area contributed by atoms with Crippen molar-refractivity contribution in [3.05, 3.63) is 36.4 Å². The van der Waals surface area contributed by atoms with E-state index in [-0.39, 0.29) is 5.91 Å². The van der Waals surface area contributed by atoms with E-state index in [1.165, 1.54) is 0 Å². The van der Waals surface area contributed by atoms with E-state index >= 15 is 0 Å². The van der Waals surface area contributed by atoms with Gasteiger partial charge in [-0.3, -0.25) is 4.79 Å². The molecular weight excluding hydrogens is 314 g/mol. The van der Waals surface area contributed by atoms with Crippen LogP contribution in [0, 0.1) is 0 Å². The van der Waals surface area contributed by atoms with Crippen LogP contribution in [-0.4, -0.2) is 24.7 Å². The Morgan fingerprint density at radius 1 is 1.08 bits per heavy atom. The fourth-order valence-corrected chi connectivity index (χ4v) is 2.73. The monoisotopic (exact) mass is 343 g/mol. The van der Waals surface area contributed by atoms with E-state index in [0.717, 1.165) is 35.1 Å². The first-order valence-corrected chi connectivity index (χ1v) is 9.15. The summed E-state index contributed by atoms with van der Waals surface area (Å²) in [6.45, 7) is 9.03. The molecule has 2 aromatic carbocycles. The minimum absolute atomic E-state index is 0.123. The van der Waals surface area contributed by atoms with Crippen molar-refractivity contribution in [3.8, 4) is 5.75 Å². The molecule has 0 radical (unpaired) electrons. The van der Waals surface area contributed by atoms with Crippen LogP contribution in [0.1, 0.15) is 47.0 Å². The summed E-state index contributed by atoms with van der Waals surface area (Å²) >= 11 is 0. The van der Waals surface area contributed by atoms with Crippen LogP contribution < -0.4 is 10.1 Å². The molecule has 0 aliphatic rings. The molecule has 2 rings (SSSR count). The van der Waals surface area contributed by atoms with Gasteiger partial charge in [0, 0.05) is 23.1 Å². The molecule has 0 fully saturated rings. The van der Waals surface area contributed by atoms with Crippen LogP contribution in [0.3, 0.4) is 0 Å². The van der Waals surface area contributed by atoms with Crippen LogP contribution in [0.25, 0.3) is 10.8 Å². The molecule has 0 saturated carbocycles. The van der Waals surface area contributed by atoms with Crippen molar-refractivity contribution in [2.75, 3.05) is 18.5 Å². The number of rotatable bonds is 9. The number of fused-ring (bicyclic) bond motifs is 1. The maximum atomic E-state index is 12.7. The largest absolute Gasteiger partial charge is 0.493 e. The van der Waals surface area contributed by atoms with Gasteiger partial charge in [0.1, 0.15) is 11.4 Å². The van der Waals surface area contributed by atoms with E-state index < -0.39 is 5.60 Å². The topological polar surface area (TPSA) is 47.6 Å². The quantitative estimate of drug-likeness (QED) is 0.640. The van der Waals surface area contributed by atoms with Gasteiger partial charge < -0.3 is 14.8 Å². The van der Waals surface area contributed by atoms with Gasteiger partial charge in [0.05, 0.1) is 6.61 Å². The third-order valence-electron chi connectivity index (χ3n) is 4.51. The van der Waals surface area contributed by atoms with E-state index in [2.05, 4.69) is 12.2 Å². The molecule has 4 heteroatoms. The number of amides is 1. The molecule has 1 N–H and O–H groups in total. The molecule has 1 atom stereocenters. The van der Waals surface area contributed by atoms with Crippen molar-refractivity contribution >= 4 is 22.4 Å². The Balaban J connectivity index is 2.30. The Morgan fingerprint density at radius 3 is 2.44 bits per heavy atom. The second kappa shape index (κ2) is 8.86. The van der Waals surface area contributed by atoms with E-state index in [1.54, 1.807) is 0 Å². The van der Waals surface area contributed by atoms with E-state index in [9.17, 15) is 4.79 Å². The molecule has 4 nitrogen and oxygen atoms in total. The van der Waals surface area contributed by atoms with Crippen molar-refractivity contribution in [2.45, 2.75) is 52.6 Å². The molecule has 2 aromatic rings. The summed E-state index contributed by atoms with van der Waals surface area (Å²) in [4.78, 5) is 12.7. The molecule has 136 valence electrons. The summed E-state index contributed by atoms with van der Waals surface area (Å²) in [5, 5.41) is 5.01. The molecule has 0 saturated heterocycles. The number of nitrogens with one attached hydrogen (secondary N) is 1. The fourth-order valence-electron chi connectivity index (χ4n) is 2.73. The molecule has 0 aliphatic heterocycles. The summed E-state index contributed by atoms with van der Waals surface area (Å²) in [5.74, 6) is 0.728. The lowest BCUT2D eigenvalue weighted by atomic mass is 10.0. The predicted molar refractivity (Wildman–Crippen MR) is 103 cm³/mol. The number of unbranched alkanes of at least 4 members (excludes halogenated alkanes) is 1. The predicted octanol–water partition coefficient (Wildman–Crippen LogP) is 5.16. The normalized spacial score (nSPS) is 13.4. The van der Waals surface area contributed by atoms with Crippen LogP contribution in [-0.2, 0) is 9.53 Å². The standard InChI is InChI=1S/C21H29NO3/c1-5-8-15-24-19-14-13-18(16-11-9-10-12-17(16)19)22-20(23)21(4,6-2)25-7-3/h9-14H,5-8,15H2,1-4H3,(H,22,23)/t21-/m0/s1. The maximum Gasteiger partial charge on any atom is 0.256 e. The highest BCUT2D eigenvalue weighted by Gasteiger charge is 2.32. The zero-order chi connectivity index (χ0) is 18.3. The first kappa shape index (κ1) is 19.3. The third kappa shape index (κ3) is 4.51. The van der Waals surface area contributed by atoms with Crippen LogP contribution in [0.2, 0.25) is 0 Å². The van der Waals surface area contributed by atoms with Crippen molar-refractivity contribution in [2.24, 2.45) is 0 Å². The van der Waals surface area contributed by atoms with Crippen LogP contribution >= 0.6 is 0 Å². The molecule has 0 unspecified atom stereocenters. The zero-order valence-corrected chi connectivity index (χ0v) is 15.7. The second-order valence-corrected chi connectivity index (χ2v) is 6.33. The van der Waals surface area contributed by atoms with Crippen LogP contribution in [0.15, 0.2) is 36.4 Å². The number of benzene rings is 2. The molecule has 0 spiro atoms. The fraction of sp³-hybridized carbons (Fsp3) is 0.476. The van der Waals surface area contributed by atoms with Crippen LogP contribution in [0.4, 0.5) is 5.69 Å². The molecule has 0 bridgehead atoms.